The van der Waals surface area contributed by atoms with Gasteiger partial charge in [-0.25, -0.2) is 0 Å². The average molecular weight is 253 g/mol. The molecule has 1 aromatic heterocycles. The molecule has 0 spiro atoms. The number of carbonyl (C=O) groups excluding carboxylic acids is 1. The van der Waals surface area contributed by atoms with E-state index in [0.717, 1.165) is 5.39 Å². The van der Waals surface area contributed by atoms with Crippen LogP contribution in [0.2, 0.25) is 5.02 Å². The van der Waals surface area contributed by atoms with Crippen LogP contribution in [-0.2, 0) is 4.74 Å². The van der Waals surface area contributed by atoms with Gasteiger partial charge in [-0.3, -0.25) is 4.79 Å². The van der Waals surface area contributed by atoms with E-state index in [1.807, 2.05) is 6.92 Å². The second-order valence-electron chi connectivity index (χ2n) is 3.66. The summed E-state index contributed by atoms with van der Waals surface area (Å²) in [7, 11) is 0. The van der Waals surface area contributed by atoms with Crippen LogP contribution in [0.1, 0.15) is 23.9 Å². The average Bonchev–Trinajstić information content (AvgIpc) is 2.72. The number of furan rings is 1. The quantitative estimate of drug-likeness (QED) is 0.602. The fraction of sp³-hybridized carbons (Fsp3) is 0.308. The zero-order valence-corrected chi connectivity index (χ0v) is 10.3. The first-order chi connectivity index (χ1) is 8.20. The van der Waals surface area contributed by atoms with Crippen LogP contribution >= 0.6 is 11.6 Å². The molecule has 2 aromatic rings. The van der Waals surface area contributed by atoms with Crippen LogP contribution in [0.15, 0.2) is 28.7 Å². The Morgan fingerprint density at radius 2 is 2.24 bits per heavy atom. The van der Waals surface area contributed by atoms with Crippen LogP contribution in [0, 0.1) is 0 Å². The van der Waals surface area contributed by atoms with Gasteiger partial charge in [-0.1, -0.05) is 11.6 Å². The number of ketones is 1. The van der Waals surface area contributed by atoms with Crippen LogP contribution in [0.4, 0.5) is 0 Å². The molecule has 0 fully saturated rings. The third-order valence-corrected chi connectivity index (χ3v) is 2.67. The molecule has 0 aliphatic rings. The smallest absolute Gasteiger partial charge is 0.200 e. The predicted molar refractivity (Wildman–Crippen MR) is 66.7 cm³/mol. The van der Waals surface area contributed by atoms with Crippen molar-refractivity contribution in [2.75, 3.05) is 13.2 Å². The van der Waals surface area contributed by atoms with E-state index in [2.05, 4.69) is 0 Å². The summed E-state index contributed by atoms with van der Waals surface area (Å²) in [5.74, 6) is 0.313. The highest BCUT2D eigenvalue weighted by Crippen LogP contribution is 2.23. The Hall–Kier alpha value is -1.32. The van der Waals surface area contributed by atoms with Gasteiger partial charge < -0.3 is 9.15 Å². The number of Topliss-reactive ketones (excluding diaryl/α,β-unsaturated/α-hetero) is 1. The summed E-state index contributed by atoms with van der Waals surface area (Å²) in [4.78, 5) is 11.8. The van der Waals surface area contributed by atoms with Crippen molar-refractivity contribution in [1.29, 1.82) is 0 Å². The van der Waals surface area contributed by atoms with Crippen LogP contribution in [0.5, 0.6) is 0 Å². The van der Waals surface area contributed by atoms with E-state index in [9.17, 15) is 4.79 Å². The van der Waals surface area contributed by atoms with E-state index in [0.29, 0.717) is 36.0 Å². The summed E-state index contributed by atoms with van der Waals surface area (Å²) < 4.78 is 10.6. The van der Waals surface area contributed by atoms with Crippen LogP contribution in [-0.4, -0.2) is 19.0 Å². The Morgan fingerprint density at radius 3 is 3.00 bits per heavy atom. The number of fused-ring (bicyclic) bond motifs is 1. The van der Waals surface area contributed by atoms with E-state index in [-0.39, 0.29) is 5.78 Å². The Balaban J connectivity index is 2.15. The van der Waals surface area contributed by atoms with Crippen molar-refractivity contribution in [3.8, 4) is 0 Å². The van der Waals surface area contributed by atoms with Crippen molar-refractivity contribution in [2.45, 2.75) is 13.3 Å². The van der Waals surface area contributed by atoms with E-state index in [1.54, 1.807) is 24.3 Å². The summed E-state index contributed by atoms with van der Waals surface area (Å²) in [6.07, 6.45) is 0.335. The second-order valence-corrected chi connectivity index (χ2v) is 4.10. The highest BCUT2D eigenvalue weighted by atomic mass is 35.5. The molecule has 0 radical (unpaired) electrons. The van der Waals surface area contributed by atoms with Crippen molar-refractivity contribution < 1.29 is 13.9 Å². The third kappa shape index (κ3) is 2.87. The highest BCUT2D eigenvalue weighted by Gasteiger charge is 2.12. The molecule has 90 valence electrons. The summed E-state index contributed by atoms with van der Waals surface area (Å²) in [5, 5.41) is 1.48. The summed E-state index contributed by atoms with van der Waals surface area (Å²) in [5.41, 5.74) is 0.675. The second kappa shape index (κ2) is 5.34. The number of carbonyl (C=O) groups is 1. The molecule has 0 amide bonds. The summed E-state index contributed by atoms with van der Waals surface area (Å²) in [6, 6.07) is 6.99. The van der Waals surface area contributed by atoms with E-state index < -0.39 is 0 Å². The monoisotopic (exact) mass is 252 g/mol. The Bertz CT molecular complexity index is 530. The normalized spacial score (nSPS) is 10.9. The molecule has 0 atom stereocenters. The number of benzene rings is 1. The first-order valence-corrected chi connectivity index (χ1v) is 5.88. The van der Waals surface area contributed by atoms with Gasteiger partial charge >= 0.3 is 0 Å². The minimum Gasteiger partial charge on any atom is -0.453 e. The van der Waals surface area contributed by atoms with Gasteiger partial charge in [0.2, 0.25) is 0 Å². The first kappa shape index (κ1) is 12.1. The van der Waals surface area contributed by atoms with Gasteiger partial charge in [-0.05, 0) is 31.2 Å². The van der Waals surface area contributed by atoms with Crippen molar-refractivity contribution >= 4 is 28.4 Å². The molecule has 3 nitrogen and oxygen atoms in total. The third-order valence-electron chi connectivity index (χ3n) is 2.43. The zero-order chi connectivity index (χ0) is 12.3. The Labute approximate surface area is 104 Å². The van der Waals surface area contributed by atoms with Crippen LogP contribution in [0.3, 0.4) is 0 Å². The topological polar surface area (TPSA) is 39.4 Å². The van der Waals surface area contributed by atoms with Crippen LogP contribution < -0.4 is 0 Å². The molecule has 0 saturated heterocycles. The molecule has 1 heterocycles. The fourth-order valence-electron chi connectivity index (χ4n) is 1.58. The van der Waals surface area contributed by atoms with Gasteiger partial charge in [0.05, 0.1) is 6.61 Å². The lowest BCUT2D eigenvalue weighted by atomic mass is 10.2. The number of rotatable bonds is 5. The van der Waals surface area contributed by atoms with Crippen molar-refractivity contribution in [1.82, 2.24) is 0 Å². The SMILES string of the molecule is CCOCCC(=O)c1cc2cc(Cl)ccc2o1. The minimum absolute atomic E-state index is 0.0502. The first-order valence-electron chi connectivity index (χ1n) is 5.50. The zero-order valence-electron chi connectivity index (χ0n) is 9.53. The molecule has 0 N–H and O–H groups in total. The number of hydrogen-bond donors (Lipinski definition) is 0. The van der Waals surface area contributed by atoms with Gasteiger partial charge in [-0.15, -0.1) is 0 Å². The molecular formula is C13H13ClO3. The highest BCUT2D eigenvalue weighted by molar-refractivity contribution is 6.31. The molecule has 4 heteroatoms. The van der Waals surface area contributed by atoms with Crippen molar-refractivity contribution in [3.63, 3.8) is 0 Å². The molecule has 1 aromatic carbocycles. The standard InChI is InChI=1S/C13H13ClO3/c1-2-16-6-5-11(15)13-8-9-7-10(14)3-4-12(9)17-13/h3-4,7-8H,2,5-6H2,1H3. The lowest BCUT2D eigenvalue weighted by molar-refractivity contribution is 0.0872. The number of hydrogen-bond acceptors (Lipinski definition) is 3. The van der Waals surface area contributed by atoms with Gasteiger partial charge in [0.1, 0.15) is 5.58 Å². The molecule has 17 heavy (non-hydrogen) atoms. The number of halogens is 1. The van der Waals surface area contributed by atoms with E-state index >= 15 is 0 Å². The maximum atomic E-state index is 11.8. The van der Waals surface area contributed by atoms with Crippen molar-refractivity contribution in [2.24, 2.45) is 0 Å². The van der Waals surface area contributed by atoms with E-state index in [1.165, 1.54) is 0 Å². The van der Waals surface area contributed by atoms with Gasteiger partial charge in [0, 0.05) is 23.4 Å². The Morgan fingerprint density at radius 1 is 1.41 bits per heavy atom. The molecule has 0 bridgehead atoms. The molecule has 2 rings (SSSR count). The Kier molecular flexibility index (Phi) is 3.82. The lowest BCUT2D eigenvalue weighted by Gasteiger charge is -1.97. The maximum Gasteiger partial charge on any atom is 0.200 e. The molecule has 0 aliphatic carbocycles. The van der Waals surface area contributed by atoms with Crippen molar-refractivity contribution in [3.05, 3.63) is 35.0 Å². The number of ether oxygens (including phenoxy) is 1. The van der Waals surface area contributed by atoms with Gasteiger partial charge in [-0.2, -0.15) is 0 Å². The lowest BCUT2D eigenvalue weighted by Crippen LogP contribution is -2.03. The van der Waals surface area contributed by atoms with E-state index in [4.69, 9.17) is 20.8 Å². The molecule has 0 aliphatic heterocycles. The molecule has 0 saturated carbocycles. The van der Waals surface area contributed by atoms with Gasteiger partial charge in [0.25, 0.3) is 0 Å². The summed E-state index contributed by atoms with van der Waals surface area (Å²) >= 11 is 5.86. The predicted octanol–water partition coefficient (Wildman–Crippen LogP) is 3.70. The fourth-order valence-corrected chi connectivity index (χ4v) is 1.76. The maximum absolute atomic E-state index is 11.8. The summed E-state index contributed by atoms with van der Waals surface area (Å²) in [6.45, 7) is 2.93. The molecule has 0 unspecified atom stereocenters. The van der Waals surface area contributed by atoms with Gasteiger partial charge in [0.15, 0.2) is 11.5 Å². The molecular weight excluding hydrogens is 240 g/mol. The largest absolute Gasteiger partial charge is 0.453 e. The minimum atomic E-state index is -0.0502. The van der Waals surface area contributed by atoms with Crippen LogP contribution in [0.25, 0.3) is 11.0 Å².